The van der Waals surface area contributed by atoms with E-state index in [1.807, 2.05) is 24.3 Å². The van der Waals surface area contributed by atoms with Crippen molar-refractivity contribution in [3.8, 4) is 0 Å². The lowest BCUT2D eigenvalue weighted by Crippen LogP contribution is -2.38. The van der Waals surface area contributed by atoms with Gasteiger partial charge < -0.3 is 20.9 Å². The summed E-state index contributed by atoms with van der Waals surface area (Å²) in [6, 6.07) is 7.74. The van der Waals surface area contributed by atoms with E-state index >= 15 is 0 Å². The van der Waals surface area contributed by atoms with Gasteiger partial charge in [0.25, 0.3) is 5.91 Å². The number of halogens is 1. The van der Waals surface area contributed by atoms with Crippen molar-refractivity contribution < 1.29 is 4.79 Å². The normalized spacial score (nSPS) is 11.1. The second kappa shape index (κ2) is 15.7. The Morgan fingerprint density at radius 1 is 1.15 bits per heavy atom. The molecule has 1 aromatic carbocycles. The molecule has 0 aliphatic rings. The van der Waals surface area contributed by atoms with E-state index in [9.17, 15) is 4.79 Å². The van der Waals surface area contributed by atoms with E-state index in [1.165, 1.54) is 0 Å². The molecule has 0 aliphatic heterocycles. The third kappa shape index (κ3) is 10.5. The monoisotopic (exact) mass is 489 g/mol. The molecular formula is C20H36IN5O. The minimum atomic E-state index is -0.0529. The number of nitrogens with zero attached hydrogens (tertiary/aromatic N) is 2. The van der Waals surface area contributed by atoms with Gasteiger partial charge in [0.2, 0.25) is 0 Å². The molecule has 0 radical (unpaired) electrons. The standard InChI is InChI=1S/C20H35N5O.HI/c1-5-22-20(23-13-9-15-25(6-2)7-3)24-14-12-17-10-8-11-18(16-17)19(26)21-4;/h8,10-11,16H,5-7,9,12-15H2,1-4H3,(H,21,26)(H2,22,23,24);1H. The van der Waals surface area contributed by atoms with Gasteiger partial charge in [0.15, 0.2) is 5.96 Å². The molecule has 6 nitrogen and oxygen atoms in total. The first kappa shape index (κ1) is 25.6. The molecule has 1 rings (SSSR count). The summed E-state index contributed by atoms with van der Waals surface area (Å²) in [6.07, 6.45) is 1.90. The van der Waals surface area contributed by atoms with Crippen LogP contribution in [0, 0.1) is 0 Å². The number of rotatable bonds is 11. The minimum Gasteiger partial charge on any atom is -0.357 e. The Bertz CT molecular complexity index is 561. The van der Waals surface area contributed by atoms with Gasteiger partial charge >= 0.3 is 0 Å². The zero-order valence-corrected chi connectivity index (χ0v) is 19.5. The fraction of sp³-hybridized carbons (Fsp3) is 0.600. The molecule has 0 aromatic heterocycles. The van der Waals surface area contributed by atoms with Crippen LogP contribution in [0.2, 0.25) is 0 Å². The van der Waals surface area contributed by atoms with Crippen LogP contribution in [0.15, 0.2) is 29.3 Å². The predicted molar refractivity (Wildman–Crippen MR) is 125 cm³/mol. The first-order valence-electron chi connectivity index (χ1n) is 9.70. The van der Waals surface area contributed by atoms with Crippen LogP contribution in [0.1, 0.15) is 43.1 Å². The van der Waals surface area contributed by atoms with Gasteiger partial charge in [0.1, 0.15) is 0 Å². The van der Waals surface area contributed by atoms with Gasteiger partial charge in [-0.25, -0.2) is 0 Å². The molecule has 0 saturated heterocycles. The Labute approximate surface area is 181 Å². The van der Waals surface area contributed by atoms with Crippen LogP contribution in [-0.2, 0) is 6.42 Å². The van der Waals surface area contributed by atoms with Crippen LogP contribution in [0.5, 0.6) is 0 Å². The number of benzene rings is 1. The Kier molecular flexibility index (Phi) is 14.9. The highest BCUT2D eigenvalue weighted by atomic mass is 127. The van der Waals surface area contributed by atoms with Gasteiger partial charge in [-0.15, -0.1) is 24.0 Å². The number of hydrogen-bond donors (Lipinski definition) is 3. The quantitative estimate of drug-likeness (QED) is 0.193. The third-order valence-electron chi connectivity index (χ3n) is 4.26. The van der Waals surface area contributed by atoms with Crippen LogP contribution in [0.3, 0.4) is 0 Å². The van der Waals surface area contributed by atoms with Crippen LogP contribution in [0.25, 0.3) is 0 Å². The van der Waals surface area contributed by atoms with Crippen LogP contribution >= 0.6 is 24.0 Å². The second-order valence-corrected chi connectivity index (χ2v) is 6.10. The summed E-state index contributed by atoms with van der Waals surface area (Å²) in [5, 5.41) is 9.31. The van der Waals surface area contributed by atoms with E-state index in [4.69, 9.17) is 0 Å². The maximum Gasteiger partial charge on any atom is 0.251 e. The fourth-order valence-corrected chi connectivity index (χ4v) is 2.70. The van der Waals surface area contributed by atoms with Crippen molar-refractivity contribution in [2.24, 2.45) is 4.99 Å². The summed E-state index contributed by atoms with van der Waals surface area (Å²) in [6.45, 7) is 12.2. The lowest BCUT2D eigenvalue weighted by Gasteiger charge is -2.17. The molecule has 0 fully saturated rings. The average molecular weight is 489 g/mol. The number of guanidine groups is 1. The van der Waals surface area contributed by atoms with E-state index in [0.29, 0.717) is 5.56 Å². The summed E-state index contributed by atoms with van der Waals surface area (Å²) in [4.78, 5) is 18.8. The first-order chi connectivity index (χ1) is 12.6. The van der Waals surface area contributed by atoms with Crippen molar-refractivity contribution in [3.63, 3.8) is 0 Å². The van der Waals surface area contributed by atoms with Gasteiger partial charge in [0.05, 0.1) is 0 Å². The number of carbonyl (C=O) groups is 1. The maximum atomic E-state index is 11.7. The highest BCUT2D eigenvalue weighted by Crippen LogP contribution is 2.05. The van der Waals surface area contributed by atoms with Crippen LogP contribution in [-0.4, -0.2) is 63.1 Å². The summed E-state index contributed by atoms with van der Waals surface area (Å²) in [7, 11) is 1.65. The highest BCUT2D eigenvalue weighted by molar-refractivity contribution is 14.0. The van der Waals surface area contributed by atoms with E-state index in [-0.39, 0.29) is 29.9 Å². The Morgan fingerprint density at radius 2 is 1.89 bits per heavy atom. The molecule has 0 unspecified atom stereocenters. The molecule has 0 spiro atoms. The van der Waals surface area contributed by atoms with Gasteiger partial charge in [-0.05, 0) is 57.1 Å². The molecule has 1 amide bonds. The molecule has 7 heteroatoms. The van der Waals surface area contributed by atoms with Gasteiger partial charge in [0, 0.05) is 32.2 Å². The molecule has 0 heterocycles. The zero-order chi connectivity index (χ0) is 19.2. The largest absolute Gasteiger partial charge is 0.357 e. The molecule has 1 aromatic rings. The Morgan fingerprint density at radius 3 is 2.52 bits per heavy atom. The minimum absolute atomic E-state index is 0. The number of hydrogen-bond acceptors (Lipinski definition) is 3. The lowest BCUT2D eigenvalue weighted by atomic mass is 10.1. The molecule has 3 N–H and O–H groups in total. The Hall–Kier alpha value is -1.35. The lowest BCUT2D eigenvalue weighted by molar-refractivity contribution is 0.0963. The van der Waals surface area contributed by atoms with Crippen molar-refractivity contribution in [3.05, 3.63) is 35.4 Å². The smallest absolute Gasteiger partial charge is 0.251 e. The molecule has 0 atom stereocenters. The summed E-state index contributed by atoms with van der Waals surface area (Å²) in [5.74, 6) is 0.803. The zero-order valence-electron chi connectivity index (χ0n) is 17.2. The third-order valence-corrected chi connectivity index (χ3v) is 4.26. The van der Waals surface area contributed by atoms with Crippen LogP contribution < -0.4 is 16.0 Å². The number of carbonyl (C=O) groups excluding carboxylic acids is 1. The highest BCUT2D eigenvalue weighted by Gasteiger charge is 2.04. The second-order valence-electron chi connectivity index (χ2n) is 6.10. The van der Waals surface area contributed by atoms with Crippen molar-refractivity contribution in [1.82, 2.24) is 20.9 Å². The van der Waals surface area contributed by atoms with E-state index in [1.54, 1.807) is 7.05 Å². The van der Waals surface area contributed by atoms with Crippen molar-refractivity contribution in [2.45, 2.75) is 33.6 Å². The van der Waals surface area contributed by atoms with E-state index < -0.39 is 0 Å². The van der Waals surface area contributed by atoms with Crippen LogP contribution in [0.4, 0.5) is 0 Å². The topological polar surface area (TPSA) is 68.8 Å². The van der Waals surface area contributed by atoms with E-state index in [2.05, 4.69) is 46.6 Å². The van der Waals surface area contributed by atoms with Gasteiger partial charge in [-0.2, -0.15) is 0 Å². The van der Waals surface area contributed by atoms with Crippen molar-refractivity contribution >= 4 is 35.8 Å². The SMILES string of the molecule is CCNC(=NCCCN(CC)CC)NCCc1cccc(C(=O)NC)c1.I. The average Bonchev–Trinajstić information content (AvgIpc) is 2.67. The molecule has 154 valence electrons. The summed E-state index contributed by atoms with van der Waals surface area (Å²) >= 11 is 0. The molecule has 0 saturated carbocycles. The van der Waals surface area contributed by atoms with Crippen molar-refractivity contribution in [1.29, 1.82) is 0 Å². The predicted octanol–water partition coefficient (Wildman–Crippen LogP) is 2.49. The van der Waals surface area contributed by atoms with Crippen molar-refractivity contribution in [2.75, 3.05) is 46.3 Å². The maximum absolute atomic E-state index is 11.7. The first-order valence-corrected chi connectivity index (χ1v) is 9.70. The molecule has 0 aliphatic carbocycles. The number of aliphatic imine (C=N–C) groups is 1. The summed E-state index contributed by atoms with van der Waals surface area (Å²) < 4.78 is 0. The summed E-state index contributed by atoms with van der Waals surface area (Å²) in [5.41, 5.74) is 1.83. The fourth-order valence-electron chi connectivity index (χ4n) is 2.70. The number of amides is 1. The van der Waals surface area contributed by atoms with Gasteiger partial charge in [-0.1, -0.05) is 26.0 Å². The molecular weight excluding hydrogens is 453 g/mol. The molecule has 27 heavy (non-hydrogen) atoms. The molecule has 0 bridgehead atoms. The Balaban J connectivity index is 0.00000676. The van der Waals surface area contributed by atoms with Gasteiger partial charge in [-0.3, -0.25) is 9.79 Å². The van der Waals surface area contributed by atoms with E-state index in [0.717, 1.165) is 63.6 Å². The number of nitrogens with one attached hydrogen (secondary N) is 3.